The molecule has 1 heterocycles. The maximum atomic E-state index is 13.1. The number of halogens is 1. The Labute approximate surface area is 90.4 Å². The molecule has 0 fully saturated rings. The third kappa shape index (κ3) is 1.64. The van der Waals surface area contributed by atoms with Gasteiger partial charge in [-0.3, -0.25) is 4.57 Å². The summed E-state index contributed by atoms with van der Waals surface area (Å²) in [6.07, 6.45) is 1.39. The Bertz CT molecular complexity index is 558. The average Bonchev–Trinajstić information content (AvgIpc) is 2.78. The highest BCUT2D eigenvalue weighted by Crippen LogP contribution is 2.14. The van der Waals surface area contributed by atoms with Crippen molar-refractivity contribution >= 4 is 0 Å². The van der Waals surface area contributed by atoms with Gasteiger partial charge in [0.25, 0.3) is 0 Å². The van der Waals surface area contributed by atoms with Crippen LogP contribution in [-0.4, -0.2) is 19.9 Å². The van der Waals surface area contributed by atoms with Gasteiger partial charge in [-0.2, -0.15) is 5.26 Å². The van der Waals surface area contributed by atoms with E-state index >= 15 is 0 Å². The summed E-state index contributed by atoms with van der Waals surface area (Å²) in [5, 5.41) is 25.0. The fourth-order valence-corrected chi connectivity index (χ4v) is 1.33. The van der Waals surface area contributed by atoms with Crippen LogP contribution in [0.2, 0.25) is 0 Å². The standard InChI is InChI=1S/C10H7FN4O/c11-9-2-1-8(3-7(9)4-12)15-6-13-14-10(15)5-16/h1-3,6,16H,5H2. The monoisotopic (exact) mass is 218 g/mol. The minimum absolute atomic E-state index is 0.0601. The first-order valence-electron chi connectivity index (χ1n) is 4.46. The van der Waals surface area contributed by atoms with Crippen LogP contribution >= 0.6 is 0 Å². The maximum absolute atomic E-state index is 13.1. The molecule has 80 valence electrons. The molecule has 0 aliphatic carbocycles. The van der Waals surface area contributed by atoms with Crippen molar-refractivity contribution in [3.63, 3.8) is 0 Å². The van der Waals surface area contributed by atoms with Gasteiger partial charge >= 0.3 is 0 Å². The van der Waals surface area contributed by atoms with E-state index in [2.05, 4.69) is 10.2 Å². The molecule has 2 rings (SSSR count). The van der Waals surface area contributed by atoms with Gasteiger partial charge in [0.2, 0.25) is 0 Å². The second kappa shape index (κ2) is 4.08. The lowest BCUT2D eigenvalue weighted by Gasteiger charge is -2.05. The normalized spacial score (nSPS) is 10.1. The lowest BCUT2D eigenvalue weighted by atomic mass is 10.2. The van der Waals surface area contributed by atoms with E-state index < -0.39 is 5.82 Å². The van der Waals surface area contributed by atoms with Gasteiger partial charge in [0.1, 0.15) is 24.8 Å². The zero-order valence-electron chi connectivity index (χ0n) is 8.13. The molecule has 0 radical (unpaired) electrons. The van der Waals surface area contributed by atoms with Crippen LogP contribution in [0.25, 0.3) is 5.69 Å². The molecule has 0 bridgehead atoms. The van der Waals surface area contributed by atoms with E-state index in [1.54, 1.807) is 6.07 Å². The zero-order valence-corrected chi connectivity index (χ0v) is 8.13. The first-order chi connectivity index (χ1) is 7.76. The number of aliphatic hydroxyl groups excluding tert-OH is 1. The van der Waals surface area contributed by atoms with Crippen LogP contribution in [0.4, 0.5) is 4.39 Å². The van der Waals surface area contributed by atoms with Gasteiger partial charge in [-0.1, -0.05) is 0 Å². The summed E-state index contributed by atoms with van der Waals surface area (Å²) in [6.45, 7) is -0.279. The predicted octanol–water partition coefficient (Wildman–Crippen LogP) is 0.770. The number of hydrogen-bond acceptors (Lipinski definition) is 4. The number of rotatable bonds is 2. The molecule has 2 aromatic rings. The highest BCUT2D eigenvalue weighted by molar-refractivity contribution is 5.42. The van der Waals surface area contributed by atoms with Crippen LogP contribution in [-0.2, 0) is 6.61 Å². The van der Waals surface area contributed by atoms with Crippen molar-refractivity contribution in [1.82, 2.24) is 14.8 Å². The number of aromatic nitrogens is 3. The smallest absolute Gasteiger partial charge is 0.163 e. The molecule has 0 unspecified atom stereocenters. The summed E-state index contributed by atoms with van der Waals surface area (Å²) < 4.78 is 14.6. The topological polar surface area (TPSA) is 74.7 Å². The Balaban J connectivity index is 2.53. The molecule has 0 aliphatic rings. The van der Waals surface area contributed by atoms with Crippen LogP contribution in [0.3, 0.4) is 0 Å². The lowest BCUT2D eigenvalue weighted by Crippen LogP contribution is -2.01. The molecule has 5 nitrogen and oxygen atoms in total. The molecule has 0 spiro atoms. The van der Waals surface area contributed by atoms with Gasteiger partial charge in [0.05, 0.1) is 5.56 Å². The van der Waals surface area contributed by atoms with Crippen molar-refractivity contribution in [1.29, 1.82) is 5.26 Å². The van der Waals surface area contributed by atoms with Crippen molar-refractivity contribution in [2.75, 3.05) is 0 Å². The van der Waals surface area contributed by atoms with Crippen molar-refractivity contribution in [2.24, 2.45) is 0 Å². The van der Waals surface area contributed by atoms with E-state index in [-0.39, 0.29) is 12.2 Å². The fraction of sp³-hybridized carbons (Fsp3) is 0.100. The Hall–Kier alpha value is -2.26. The quantitative estimate of drug-likeness (QED) is 0.807. The predicted molar refractivity (Wildman–Crippen MR) is 52.0 cm³/mol. The maximum Gasteiger partial charge on any atom is 0.163 e. The van der Waals surface area contributed by atoms with E-state index in [1.807, 2.05) is 0 Å². The minimum atomic E-state index is -0.579. The molecule has 0 saturated heterocycles. The number of benzene rings is 1. The average molecular weight is 218 g/mol. The van der Waals surface area contributed by atoms with Crippen molar-refractivity contribution in [2.45, 2.75) is 6.61 Å². The van der Waals surface area contributed by atoms with Gasteiger partial charge < -0.3 is 5.11 Å². The Morgan fingerprint density at radius 2 is 2.31 bits per heavy atom. The summed E-state index contributed by atoms with van der Waals surface area (Å²) in [5.41, 5.74) is 0.474. The van der Waals surface area contributed by atoms with Gasteiger partial charge in [-0.05, 0) is 18.2 Å². The molecule has 0 atom stereocenters. The Morgan fingerprint density at radius 3 is 3.00 bits per heavy atom. The second-order valence-corrected chi connectivity index (χ2v) is 3.05. The first-order valence-corrected chi connectivity index (χ1v) is 4.46. The van der Waals surface area contributed by atoms with Crippen LogP contribution in [0.1, 0.15) is 11.4 Å². The molecule has 6 heteroatoms. The van der Waals surface area contributed by atoms with Crippen LogP contribution in [0, 0.1) is 17.1 Å². The van der Waals surface area contributed by atoms with Gasteiger partial charge in [0, 0.05) is 5.69 Å². The molecule has 0 saturated carbocycles. The van der Waals surface area contributed by atoms with Gasteiger partial charge in [-0.25, -0.2) is 4.39 Å². The third-order valence-corrected chi connectivity index (χ3v) is 2.11. The fourth-order valence-electron chi connectivity index (χ4n) is 1.33. The van der Waals surface area contributed by atoms with E-state index in [4.69, 9.17) is 10.4 Å². The third-order valence-electron chi connectivity index (χ3n) is 2.11. The first kappa shape index (κ1) is 10.3. The molecular weight excluding hydrogens is 211 g/mol. The molecule has 0 amide bonds. The summed E-state index contributed by atoms with van der Waals surface area (Å²) in [6, 6.07) is 5.79. The van der Waals surface area contributed by atoms with Gasteiger partial charge in [-0.15, -0.1) is 10.2 Å². The van der Waals surface area contributed by atoms with E-state index in [0.29, 0.717) is 11.5 Å². The SMILES string of the molecule is N#Cc1cc(-n2cnnc2CO)ccc1F. The molecular formula is C10H7FN4O. The Morgan fingerprint density at radius 1 is 1.50 bits per heavy atom. The van der Waals surface area contributed by atoms with Crippen LogP contribution in [0.5, 0.6) is 0 Å². The molecule has 1 N–H and O–H groups in total. The van der Waals surface area contributed by atoms with Crippen molar-refractivity contribution < 1.29 is 9.50 Å². The summed E-state index contributed by atoms with van der Waals surface area (Å²) in [7, 11) is 0. The van der Waals surface area contributed by atoms with Crippen LogP contribution in [0.15, 0.2) is 24.5 Å². The van der Waals surface area contributed by atoms with Crippen molar-refractivity contribution in [3.05, 3.63) is 41.7 Å². The number of nitrogens with zero attached hydrogens (tertiary/aromatic N) is 4. The molecule has 16 heavy (non-hydrogen) atoms. The summed E-state index contributed by atoms with van der Waals surface area (Å²) in [5.74, 6) is -0.250. The van der Waals surface area contributed by atoms with E-state index in [0.717, 1.165) is 0 Å². The summed E-state index contributed by atoms with van der Waals surface area (Å²) in [4.78, 5) is 0. The van der Waals surface area contributed by atoms with E-state index in [1.165, 1.54) is 29.1 Å². The molecule has 1 aromatic carbocycles. The summed E-state index contributed by atoms with van der Waals surface area (Å²) >= 11 is 0. The highest BCUT2D eigenvalue weighted by atomic mass is 19.1. The van der Waals surface area contributed by atoms with Crippen LogP contribution < -0.4 is 0 Å². The number of nitriles is 1. The minimum Gasteiger partial charge on any atom is -0.388 e. The Kier molecular flexibility index (Phi) is 2.62. The second-order valence-electron chi connectivity index (χ2n) is 3.05. The van der Waals surface area contributed by atoms with E-state index in [9.17, 15) is 4.39 Å². The zero-order chi connectivity index (χ0) is 11.5. The number of aliphatic hydroxyl groups is 1. The number of hydrogen-bond donors (Lipinski definition) is 1. The highest BCUT2D eigenvalue weighted by Gasteiger charge is 2.08. The van der Waals surface area contributed by atoms with Gasteiger partial charge in [0.15, 0.2) is 5.82 Å². The lowest BCUT2D eigenvalue weighted by molar-refractivity contribution is 0.269. The molecule has 0 aliphatic heterocycles. The van der Waals surface area contributed by atoms with Crippen molar-refractivity contribution in [3.8, 4) is 11.8 Å². The molecule has 1 aromatic heterocycles. The largest absolute Gasteiger partial charge is 0.388 e.